The molecule has 0 aliphatic heterocycles. The van der Waals surface area contributed by atoms with Gasteiger partial charge in [0, 0.05) is 26.3 Å². The summed E-state index contributed by atoms with van der Waals surface area (Å²) in [5, 5.41) is 17.5. The highest BCUT2D eigenvalue weighted by Crippen LogP contribution is 2.11. The number of nitrogens with zero attached hydrogens (tertiary/aromatic N) is 1. The Hall–Kier alpha value is -0.240. The van der Waals surface area contributed by atoms with Crippen LogP contribution in [0, 0.1) is 0 Å². The Labute approximate surface area is 192 Å². The summed E-state index contributed by atoms with van der Waals surface area (Å²) in [6, 6.07) is 0. The van der Waals surface area contributed by atoms with E-state index in [4.69, 9.17) is 24.4 Å². The third-order valence-corrected chi connectivity index (χ3v) is 5.49. The number of ether oxygens (including phenoxy) is 3. The minimum absolute atomic E-state index is 0.0621. The molecule has 0 heterocycles. The SMILES string of the molecule is CCCCCCCCCCCCN(CCOCCCCCO)CCOCCOCCO. The van der Waals surface area contributed by atoms with Crippen molar-refractivity contribution in [2.75, 3.05) is 72.5 Å². The third-order valence-electron chi connectivity index (χ3n) is 5.49. The van der Waals surface area contributed by atoms with Crippen molar-refractivity contribution in [3.05, 3.63) is 0 Å². The maximum absolute atomic E-state index is 8.82. The average molecular weight is 448 g/mol. The highest BCUT2D eigenvalue weighted by Gasteiger charge is 2.05. The second-order valence-electron chi connectivity index (χ2n) is 8.37. The molecule has 0 radical (unpaired) electrons. The Morgan fingerprint density at radius 1 is 0.452 bits per heavy atom. The molecule has 2 N–H and O–H groups in total. The Morgan fingerprint density at radius 3 is 1.55 bits per heavy atom. The summed E-state index contributed by atoms with van der Waals surface area (Å²) in [5.74, 6) is 0. The minimum Gasteiger partial charge on any atom is -0.396 e. The maximum Gasteiger partial charge on any atom is 0.0701 e. The Bertz CT molecular complexity index is 302. The van der Waals surface area contributed by atoms with Crippen molar-refractivity contribution in [2.24, 2.45) is 0 Å². The van der Waals surface area contributed by atoms with Gasteiger partial charge in [-0.15, -0.1) is 0 Å². The van der Waals surface area contributed by atoms with E-state index in [0.29, 0.717) is 26.4 Å². The molecule has 0 aliphatic rings. The quantitative estimate of drug-likeness (QED) is 0.182. The molecule has 31 heavy (non-hydrogen) atoms. The van der Waals surface area contributed by atoms with E-state index < -0.39 is 0 Å². The first-order chi connectivity index (χ1) is 15.3. The average Bonchev–Trinajstić information content (AvgIpc) is 2.78. The predicted molar refractivity (Wildman–Crippen MR) is 129 cm³/mol. The van der Waals surface area contributed by atoms with Gasteiger partial charge in [0.1, 0.15) is 0 Å². The molecule has 0 rings (SSSR count). The lowest BCUT2D eigenvalue weighted by Crippen LogP contribution is -2.32. The van der Waals surface area contributed by atoms with Crippen LogP contribution >= 0.6 is 0 Å². The first kappa shape index (κ1) is 30.8. The smallest absolute Gasteiger partial charge is 0.0701 e. The molecule has 0 aromatic carbocycles. The molecule has 6 nitrogen and oxygen atoms in total. The van der Waals surface area contributed by atoms with Gasteiger partial charge in [0.2, 0.25) is 0 Å². The molecule has 0 atom stereocenters. The lowest BCUT2D eigenvalue weighted by atomic mass is 10.1. The summed E-state index contributed by atoms with van der Waals surface area (Å²) >= 11 is 0. The molecule has 0 unspecified atom stereocenters. The lowest BCUT2D eigenvalue weighted by Gasteiger charge is -2.22. The fraction of sp³-hybridized carbons (Fsp3) is 1.00. The van der Waals surface area contributed by atoms with E-state index in [0.717, 1.165) is 52.1 Å². The van der Waals surface area contributed by atoms with Gasteiger partial charge in [-0.1, -0.05) is 64.7 Å². The Morgan fingerprint density at radius 2 is 0.968 bits per heavy atom. The zero-order chi connectivity index (χ0) is 22.7. The van der Waals surface area contributed by atoms with Crippen molar-refractivity contribution in [1.29, 1.82) is 0 Å². The van der Waals surface area contributed by atoms with Crippen molar-refractivity contribution in [2.45, 2.75) is 90.4 Å². The standard InChI is InChI=1S/C25H53NO5/c1-2-3-4-5-6-7-8-9-10-12-15-26(16-21-29-20-14-11-13-18-27)17-22-30-24-25-31-23-19-28/h27-28H,2-25H2,1H3. The molecule has 0 saturated carbocycles. The molecule has 0 amide bonds. The predicted octanol–water partition coefficient (Wildman–Crippen LogP) is 4.41. The van der Waals surface area contributed by atoms with Gasteiger partial charge >= 0.3 is 0 Å². The summed E-state index contributed by atoms with van der Waals surface area (Å²) in [6.07, 6.45) is 16.5. The third kappa shape index (κ3) is 25.9. The second-order valence-corrected chi connectivity index (χ2v) is 8.37. The van der Waals surface area contributed by atoms with Gasteiger partial charge in [-0.2, -0.15) is 0 Å². The lowest BCUT2D eigenvalue weighted by molar-refractivity contribution is 0.0230. The van der Waals surface area contributed by atoms with Gasteiger partial charge in [0.15, 0.2) is 0 Å². The monoisotopic (exact) mass is 447 g/mol. The van der Waals surface area contributed by atoms with Crippen LogP contribution in [0.25, 0.3) is 0 Å². The van der Waals surface area contributed by atoms with Gasteiger partial charge < -0.3 is 24.4 Å². The highest BCUT2D eigenvalue weighted by molar-refractivity contribution is 4.59. The van der Waals surface area contributed by atoms with Crippen LogP contribution in [0.3, 0.4) is 0 Å². The first-order valence-corrected chi connectivity index (χ1v) is 13.0. The Balaban J connectivity index is 3.79. The van der Waals surface area contributed by atoms with E-state index >= 15 is 0 Å². The van der Waals surface area contributed by atoms with Crippen molar-refractivity contribution in [3.63, 3.8) is 0 Å². The normalized spacial score (nSPS) is 11.6. The zero-order valence-electron chi connectivity index (χ0n) is 20.5. The van der Waals surface area contributed by atoms with Gasteiger partial charge in [-0.3, -0.25) is 4.90 Å². The van der Waals surface area contributed by atoms with Crippen LogP contribution < -0.4 is 0 Å². The van der Waals surface area contributed by atoms with E-state index in [2.05, 4.69) is 11.8 Å². The van der Waals surface area contributed by atoms with Gasteiger partial charge in [0.25, 0.3) is 0 Å². The zero-order valence-corrected chi connectivity index (χ0v) is 20.5. The summed E-state index contributed by atoms with van der Waals surface area (Å²) in [6.45, 7) is 9.33. The van der Waals surface area contributed by atoms with E-state index in [9.17, 15) is 0 Å². The van der Waals surface area contributed by atoms with Gasteiger partial charge in [-0.05, 0) is 32.2 Å². The van der Waals surface area contributed by atoms with Crippen LogP contribution in [0.1, 0.15) is 90.4 Å². The van der Waals surface area contributed by atoms with Crippen LogP contribution in [0.5, 0.6) is 0 Å². The number of aliphatic hydroxyl groups excluding tert-OH is 2. The number of aliphatic hydroxyl groups is 2. The summed E-state index contributed by atoms with van der Waals surface area (Å²) < 4.78 is 16.7. The van der Waals surface area contributed by atoms with Crippen LogP contribution in [0.15, 0.2) is 0 Å². The van der Waals surface area contributed by atoms with E-state index in [-0.39, 0.29) is 13.2 Å². The van der Waals surface area contributed by atoms with Crippen LogP contribution in [-0.4, -0.2) is 87.6 Å². The second kappa shape index (κ2) is 27.8. The molecular formula is C25H53NO5. The molecule has 0 saturated heterocycles. The molecular weight excluding hydrogens is 394 g/mol. The summed E-state index contributed by atoms with van der Waals surface area (Å²) in [5.41, 5.74) is 0. The van der Waals surface area contributed by atoms with E-state index in [1.54, 1.807) is 0 Å². The van der Waals surface area contributed by atoms with Crippen LogP contribution in [0.4, 0.5) is 0 Å². The number of hydrogen-bond acceptors (Lipinski definition) is 6. The van der Waals surface area contributed by atoms with Crippen LogP contribution in [-0.2, 0) is 14.2 Å². The van der Waals surface area contributed by atoms with Crippen molar-refractivity contribution < 1.29 is 24.4 Å². The number of unbranched alkanes of at least 4 members (excludes halogenated alkanes) is 11. The van der Waals surface area contributed by atoms with Crippen LogP contribution in [0.2, 0.25) is 0 Å². The Kier molecular flexibility index (Phi) is 27.6. The number of hydrogen-bond donors (Lipinski definition) is 2. The maximum atomic E-state index is 8.82. The van der Waals surface area contributed by atoms with E-state index in [1.165, 1.54) is 64.2 Å². The fourth-order valence-corrected chi connectivity index (χ4v) is 3.53. The van der Waals surface area contributed by atoms with Gasteiger partial charge in [0.05, 0.1) is 39.6 Å². The number of rotatable bonds is 27. The minimum atomic E-state index is 0.0621. The van der Waals surface area contributed by atoms with Crippen molar-refractivity contribution in [1.82, 2.24) is 4.90 Å². The topological polar surface area (TPSA) is 71.4 Å². The molecule has 0 aromatic heterocycles. The van der Waals surface area contributed by atoms with Crippen molar-refractivity contribution >= 4 is 0 Å². The highest BCUT2D eigenvalue weighted by atomic mass is 16.5. The van der Waals surface area contributed by atoms with E-state index in [1.807, 2.05) is 0 Å². The summed E-state index contributed by atoms with van der Waals surface area (Å²) in [4.78, 5) is 2.45. The molecule has 0 fully saturated rings. The van der Waals surface area contributed by atoms with Gasteiger partial charge in [-0.25, -0.2) is 0 Å². The molecule has 0 spiro atoms. The fourth-order valence-electron chi connectivity index (χ4n) is 3.53. The van der Waals surface area contributed by atoms with Crippen molar-refractivity contribution in [3.8, 4) is 0 Å². The molecule has 0 aromatic rings. The molecule has 188 valence electrons. The first-order valence-electron chi connectivity index (χ1n) is 13.0. The largest absolute Gasteiger partial charge is 0.396 e. The molecule has 0 aliphatic carbocycles. The summed E-state index contributed by atoms with van der Waals surface area (Å²) in [7, 11) is 0. The molecule has 0 bridgehead atoms. The molecule has 6 heteroatoms.